The Bertz CT molecular complexity index is 316. The van der Waals surface area contributed by atoms with Gasteiger partial charge in [0, 0.05) is 0 Å². The minimum absolute atomic E-state index is 0.00246. The van der Waals surface area contributed by atoms with Crippen LogP contribution in [0.2, 0.25) is 0 Å². The van der Waals surface area contributed by atoms with Crippen molar-refractivity contribution >= 4 is 58.0 Å². The first-order chi connectivity index (χ1) is 8.73. The fraction of sp³-hybridized carbons (Fsp3) is 1.00. The van der Waals surface area contributed by atoms with E-state index in [0.717, 1.165) is 6.42 Å². The molecule has 122 valence electrons. The molecule has 1 atom stereocenters. The molecule has 0 spiro atoms. The zero-order chi connectivity index (χ0) is 16.4. The zero-order valence-electron chi connectivity index (χ0n) is 10.2. The topological polar surface area (TPSA) is 0 Å². The molecule has 0 aromatic rings. The standard InChI is InChI=1S/C10H12Cl5F5/c1-2-3-4-5-6(11)7(12,13)8(14,15)9(16,17)10(18,19)20/h6H,2-5H2,1H3. The van der Waals surface area contributed by atoms with Gasteiger partial charge >= 0.3 is 12.1 Å². The predicted octanol–water partition coefficient (Wildman–Crippen LogP) is 6.72. The Hall–Kier alpha value is 1.10. The summed E-state index contributed by atoms with van der Waals surface area (Å²) >= 11 is 27.1. The Kier molecular flexibility index (Phi) is 7.51. The molecule has 20 heavy (non-hydrogen) atoms. The highest BCUT2D eigenvalue weighted by atomic mass is 35.5. The minimum Gasteiger partial charge on any atom is -0.193 e. The number of hydrogen-bond acceptors (Lipinski definition) is 0. The molecular formula is C10H12Cl5F5. The lowest BCUT2D eigenvalue weighted by atomic mass is 10.0. The van der Waals surface area contributed by atoms with Gasteiger partial charge in [0.2, 0.25) is 4.33 Å². The average Bonchev–Trinajstić information content (AvgIpc) is 2.27. The van der Waals surface area contributed by atoms with E-state index in [0.29, 0.717) is 12.8 Å². The molecule has 0 fully saturated rings. The van der Waals surface area contributed by atoms with Crippen LogP contribution in [0.3, 0.4) is 0 Å². The smallest absolute Gasteiger partial charge is 0.193 e. The van der Waals surface area contributed by atoms with E-state index in [1.807, 2.05) is 6.92 Å². The van der Waals surface area contributed by atoms with E-state index in [2.05, 4.69) is 0 Å². The minimum atomic E-state index is -6.01. The van der Waals surface area contributed by atoms with Gasteiger partial charge in [0.15, 0.2) is 4.33 Å². The second-order valence-corrected chi connectivity index (χ2v) is 7.47. The summed E-state index contributed by atoms with van der Waals surface area (Å²) in [7, 11) is 0. The molecule has 0 amide bonds. The SMILES string of the molecule is CCCCCC(Cl)C(Cl)(Cl)C(Cl)(Cl)C(F)(F)C(F)(F)F. The predicted molar refractivity (Wildman–Crippen MR) is 73.7 cm³/mol. The van der Waals surface area contributed by atoms with Gasteiger partial charge in [0.1, 0.15) is 0 Å². The maximum atomic E-state index is 13.3. The molecule has 0 N–H and O–H groups in total. The van der Waals surface area contributed by atoms with Crippen molar-refractivity contribution in [3.8, 4) is 0 Å². The van der Waals surface area contributed by atoms with Crippen LogP contribution in [0.5, 0.6) is 0 Å². The fourth-order valence-corrected chi connectivity index (χ4v) is 2.70. The molecule has 0 aliphatic heterocycles. The molecular weight excluding hydrogens is 392 g/mol. The van der Waals surface area contributed by atoms with E-state index in [1.54, 1.807) is 0 Å². The molecule has 0 aromatic carbocycles. The summed E-state index contributed by atoms with van der Waals surface area (Å²) in [5.41, 5.74) is 0. The largest absolute Gasteiger partial charge is 0.456 e. The normalized spacial score (nSPS) is 16.4. The van der Waals surface area contributed by atoms with Gasteiger partial charge in [-0.1, -0.05) is 72.6 Å². The molecule has 0 aromatic heterocycles. The number of alkyl halides is 10. The van der Waals surface area contributed by atoms with Crippen molar-refractivity contribution < 1.29 is 22.0 Å². The third-order valence-corrected chi connectivity index (χ3v) is 5.94. The monoisotopic (exact) mass is 402 g/mol. The van der Waals surface area contributed by atoms with Crippen LogP contribution in [-0.2, 0) is 0 Å². The van der Waals surface area contributed by atoms with Crippen molar-refractivity contribution in [2.75, 3.05) is 0 Å². The second kappa shape index (κ2) is 7.12. The highest BCUT2D eigenvalue weighted by Gasteiger charge is 2.76. The van der Waals surface area contributed by atoms with E-state index in [4.69, 9.17) is 58.0 Å². The van der Waals surface area contributed by atoms with Crippen LogP contribution < -0.4 is 0 Å². The number of hydrogen-bond donors (Lipinski definition) is 0. The van der Waals surface area contributed by atoms with Gasteiger partial charge in [-0.3, -0.25) is 0 Å². The van der Waals surface area contributed by atoms with Gasteiger partial charge in [-0.2, -0.15) is 22.0 Å². The lowest BCUT2D eigenvalue weighted by Crippen LogP contribution is -2.61. The molecule has 10 heteroatoms. The van der Waals surface area contributed by atoms with Crippen molar-refractivity contribution in [3.63, 3.8) is 0 Å². The fourth-order valence-electron chi connectivity index (χ4n) is 1.34. The summed E-state index contributed by atoms with van der Waals surface area (Å²) in [5.74, 6) is -5.52. The van der Waals surface area contributed by atoms with Crippen LogP contribution in [0, 0.1) is 0 Å². The Morgan fingerprint density at radius 3 is 1.70 bits per heavy atom. The first-order valence-electron chi connectivity index (χ1n) is 5.57. The van der Waals surface area contributed by atoms with Crippen LogP contribution in [0.1, 0.15) is 32.6 Å². The van der Waals surface area contributed by atoms with Gasteiger partial charge < -0.3 is 0 Å². The van der Waals surface area contributed by atoms with E-state index in [-0.39, 0.29) is 6.42 Å². The highest BCUT2D eigenvalue weighted by Crippen LogP contribution is 2.59. The van der Waals surface area contributed by atoms with Crippen LogP contribution >= 0.6 is 58.0 Å². The first kappa shape index (κ1) is 21.1. The molecule has 0 nitrogen and oxygen atoms in total. The maximum Gasteiger partial charge on any atom is 0.456 e. The highest BCUT2D eigenvalue weighted by molar-refractivity contribution is 6.65. The molecule has 0 aliphatic carbocycles. The number of unbranched alkanes of at least 4 members (excludes halogenated alkanes) is 2. The van der Waals surface area contributed by atoms with Crippen molar-refractivity contribution in [2.45, 2.75) is 58.7 Å². The van der Waals surface area contributed by atoms with Gasteiger partial charge in [0.05, 0.1) is 5.38 Å². The van der Waals surface area contributed by atoms with Crippen molar-refractivity contribution in [1.82, 2.24) is 0 Å². The van der Waals surface area contributed by atoms with Gasteiger partial charge in [-0.05, 0) is 6.42 Å². The summed E-state index contributed by atoms with van der Waals surface area (Å²) in [6, 6.07) is 0. The Morgan fingerprint density at radius 2 is 1.35 bits per heavy atom. The molecule has 0 aliphatic rings. The summed E-state index contributed by atoms with van der Waals surface area (Å²) in [4.78, 5) is 0. The van der Waals surface area contributed by atoms with Gasteiger partial charge in [0.25, 0.3) is 0 Å². The molecule has 0 heterocycles. The molecule has 0 bridgehead atoms. The lowest BCUT2D eigenvalue weighted by molar-refractivity contribution is -0.288. The third-order valence-electron chi connectivity index (χ3n) is 2.62. The Labute approximate surface area is 138 Å². The first-order valence-corrected chi connectivity index (χ1v) is 7.52. The van der Waals surface area contributed by atoms with Gasteiger partial charge in [-0.25, -0.2) is 0 Å². The molecule has 0 rings (SSSR count). The van der Waals surface area contributed by atoms with E-state index >= 15 is 0 Å². The van der Waals surface area contributed by atoms with Crippen LogP contribution in [0.25, 0.3) is 0 Å². The number of rotatable bonds is 7. The quantitative estimate of drug-likeness (QED) is 0.251. The second-order valence-electron chi connectivity index (χ2n) is 4.23. The van der Waals surface area contributed by atoms with E-state index in [9.17, 15) is 22.0 Å². The molecule has 0 saturated heterocycles. The van der Waals surface area contributed by atoms with Crippen molar-refractivity contribution in [3.05, 3.63) is 0 Å². The van der Waals surface area contributed by atoms with Crippen LogP contribution in [0.4, 0.5) is 22.0 Å². The molecule has 1 unspecified atom stereocenters. The summed E-state index contributed by atoms with van der Waals surface area (Å²) in [5, 5.41) is -1.47. The Morgan fingerprint density at radius 1 is 0.900 bits per heavy atom. The Balaban J connectivity index is 5.25. The van der Waals surface area contributed by atoms with Gasteiger partial charge in [-0.15, -0.1) is 11.6 Å². The number of halogens is 10. The van der Waals surface area contributed by atoms with Crippen molar-refractivity contribution in [1.29, 1.82) is 0 Å². The third kappa shape index (κ3) is 4.09. The van der Waals surface area contributed by atoms with E-state index in [1.165, 1.54) is 0 Å². The zero-order valence-corrected chi connectivity index (χ0v) is 14.0. The van der Waals surface area contributed by atoms with E-state index < -0.39 is 26.1 Å². The summed E-state index contributed by atoms with van der Waals surface area (Å²) in [6.45, 7) is 1.86. The molecule has 0 radical (unpaired) electrons. The average molecular weight is 404 g/mol. The van der Waals surface area contributed by atoms with Crippen LogP contribution in [-0.4, -0.2) is 26.1 Å². The van der Waals surface area contributed by atoms with Crippen LogP contribution in [0.15, 0.2) is 0 Å². The van der Waals surface area contributed by atoms with Crippen molar-refractivity contribution in [2.24, 2.45) is 0 Å². The lowest BCUT2D eigenvalue weighted by Gasteiger charge is -2.41. The maximum absolute atomic E-state index is 13.3. The molecule has 0 saturated carbocycles. The summed E-state index contributed by atoms with van der Waals surface area (Å²) in [6.07, 6.45) is -4.11. The summed E-state index contributed by atoms with van der Waals surface area (Å²) < 4.78 is 57.0.